The molecular weight excluding hydrogens is 323 g/mol. The van der Waals surface area contributed by atoms with Crippen LogP contribution in [0.15, 0.2) is 24.3 Å². The van der Waals surface area contributed by atoms with Crippen molar-refractivity contribution >= 4 is 17.5 Å². The minimum absolute atomic E-state index is 0.0270. The molecule has 0 radical (unpaired) electrons. The number of rotatable bonds is 1. The molecule has 4 rings (SSSR count). The zero-order valence-corrected chi connectivity index (χ0v) is 13.2. The number of alkyl halides is 3. The van der Waals surface area contributed by atoms with Gasteiger partial charge in [0, 0.05) is 0 Å². The van der Waals surface area contributed by atoms with E-state index in [-0.39, 0.29) is 5.69 Å². The van der Waals surface area contributed by atoms with Crippen molar-refractivity contribution in [2.24, 2.45) is 11.8 Å². The monoisotopic (exact) mass is 339 g/mol. The van der Waals surface area contributed by atoms with Crippen molar-refractivity contribution < 1.29 is 27.5 Å². The molecule has 3 fully saturated rings. The number of carbonyl (C=O) groups excluding carboxylic acids is 2. The number of amides is 2. The van der Waals surface area contributed by atoms with E-state index in [1.165, 1.54) is 12.1 Å². The lowest BCUT2D eigenvalue weighted by Gasteiger charge is -2.27. The van der Waals surface area contributed by atoms with Crippen LogP contribution in [-0.4, -0.2) is 23.0 Å². The maximum Gasteiger partial charge on any atom is 0.416 e. The van der Waals surface area contributed by atoms with E-state index in [0.717, 1.165) is 17.0 Å². The molecule has 128 valence electrons. The summed E-state index contributed by atoms with van der Waals surface area (Å²) in [4.78, 5) is 26.6. The Kier molecular flexibility index (Phi) is 2.86. The van der Waals surface area contributed by atoms with Gasteiger partial charge in [0.1, 0.15) is 0 Å². The van der Waals surface area contributed by atoms with Crippen LogP contribution >= 0.6 is 0 Å². The first kappa shape index (κ1) is 15.6. The Hall–Kier alpha value is -1.89. The van der Waals surface area contributed by atoms with E-state index in [9.17, 15) is 22.8 Å². The van der Waals surface area contributed by atoms with E-state index in [0.29, 0.717) is 12.8 Å². The Morgan fingerprint density at radius 2 is 1.62 bits per heavy atom. The van der Waals surface area contributed by atoms with Crippen LogP contribution in [-0.2, 0) is 20.5 Å². The summed E-state index contributed by atoms with van der Waals surface area (Å²) < 4.78 is 44.8. The molecule has 1 unspecified atom stereocenters. The fourth-order valence-corrected chi connectivity index (χ4v) is 4.54. The van der Waals surface area contributed by atoms with Crippen LogP contribution < -0.4 is 4.90 Å². The number of ether oxygens (including phenoxy) is 1. The number of anilines is 1. The zero-order chi connectivity index (χ0) is 17.5. The normalized spacial score (nSPS) is 38.1. The third-order valence-corrected chi connectivity index (χ3v) is 5.64. The van der Waals surface area contributed by atoms with Gasteiger partial charge in [-0.25, -0.2) is 4.90 Å². The molecule has 1 aromatic rings. The van der Waals surface area contributed by atoms with Crippen LogP contribution in [0, 0.1) is 11.8 Å². The second kappa shape index (κ2) is 4.39. The Morgan fingerprint density at radius 1 is 1.08 bits per heavy atom. The lowest BCUT2D eigenvalue weighted by Crippen LogP contribution is -2.40. The lowest BCUT2D eigenvalue weighted by molar-refractivity contribution is -0.138. The Balaban J connectivity index is 1.77. The van der Waals surface area contributed by atoms with Gasteiger partial charge in [-0.2, -0.15) is 13.2 Å². The predicted molar refractivity (Wildman–Crippen MR) is 78.0 cm³/mol. The highest BCUT2D eigenvalue weighted by atomic mass is 19.4. The summed E-state index contributed by atoms with van der Waals surface area (Å²) in [6, 6.07) is 4.34. The highest BCUT2D eigenvalue weighted by Gasteiger charge is 2.72. The molecule has 0 spiro atoms. The number of benzene rings is 1. The summed E-state index contributed by atoms with van der Waals surface area (Å²) in [5.74, 6) is -2.18. The fourth-order valence-electron chi connectivity index (χ4n) is 4.54. The van der Waals surface area contributed by atoms with E-state index >= 15 is 0 Å². The summed E-state index contributed by atoms with van der Waals surface area (Å²) in [5.41, 5.74) is -2.35. The lowest BCUT2D eigenvalue weighted by atomic mass is 9.69. The van der Waals surface area contributed by atoms with Crippen molar-refractivity contribution in [2.45, 2.75) is 44.1 Å². The average molecular weight is 339 g/mol. The van der Waals surface area contributed by atoms with Gasteiger partial charge in [0.2, 0.25) is 11.8 Å². The van der Waals surface area contributed by atoms with E-state index in [2.05, 4.69) is 0 Å². The predicted octanol–water partition coefficient (Wildman–Crippen LogP) is 3.15. The molecule has 2 bridgehead atoms. The van der Waals surface area contributed by atoms with Gasteiger partial charge in [-0.1, -0.05) is 6.07 Å². The average Bonchev–Trinajstić information content (AvgIpc) is 3.03. The second-order valence-corrected chi connectivity index (χ2v) is 7.24. The van der Waals surface area contributed by atoms with Crippen LogP contribution in [0.25, 0.3) is 0 Å². The SMILES string of the molecule is CC12CC[C@@](C)(O1)[C@H]1C(=O)N(c3cccc(C(F)(F)F)c3)C(=O)[C@H]12. The Morgan fingerprint density at radius 3 is 2.12 bits per heavy atom. The molecule has 0 saturated carbocycles. The molecular formula is C17H16F3NO3. The van der Waals surface area contributed by atoms with Crippen molar-refractivity contribution in [3.05, 3.63) is 29.8 Å². The van der Waals surface area contributed by atoms with Crippen LogP contribution in [0.1, 0.15) is 32.3 Å². The van der Waals surface area contributed by atoms with E-state index in [1.807, 2.05) is 13.8 Å². The minimum Gasteiger partial charge on any atom is -0.367 e. The molecule has 3 heterocycles. The third kappa shape index (κ3) is 1.84. The molecule has 0 aromatic heterocycles. The van der Waals surface area contributed by atoms with Gasteiger partial charge in [-0.3, -0.25) is 9.59 Å². The number of hydrogen-bond acceptors (Lipinski definition) is 3. The first-order valence-corrected chi connectivity index (χ1v) is 7.82. The maximum atomic E-state index is 12.9. The van der Waals surface area contributed by atoms with Gasteiger partial charge in [-0.05, 0) is 44.9 Å². The van der Waals surface area contributed by atoms with E-state index < -0.39 is 46.6 Å². The molecule has 3 aliphatic heterocycles. The summed E-state index contributed by atoms with van der Waals surface area (Å²) >= 11 is 0. The van der Waals surface area contributed by atoms with Crippen molar-refractivity contribution in [3.8, 4) is 0 Å². The molecule has 1 aromatic carbocycles. The number of nitrogens with zero attached hydrogens (tertiary/aromatic N) is 1. The molecule has 0 N–H and O–H groups in total. The highest BCUT2D eigenvalue weighted by molar-refractivity contribution is 6.23. The van der Waals surface area contributed by atoms with Crippen molar-refractivity contribution in [2.75, 3.05) is 4.90 Å². The largest absolute Gasteiger partial charge is 0.416 e. The van der Waals surface area contributed by atoms with Gasteiger partial charge in [0.15, 0.2) is 0 Å². The van der Waals surface area contributed by atoms with Crippen LogP contribution in [0.4, 0.5) is 18.9 Å². The third-order valence-electron chi connectivity index (χ3n) is 5.64. The molecule has 7 heteroatoms. The van der Waals surface area contributed by atoms with Gasteiger partial charge in [0.05, 0.1) is 34.3 Å². The van der Waals surface area contributed by atoms with E-state index in [4.69, 9.17) is 4.74 Å². The van der Waals surface area contributed by atoms with Crippen LogP contribution in [0.3, 0.4) is 0 Å². The Labute approximate surface area is 136 Å². The van der Waals surface area contributed by atoms with E-state index in [1.54, 1.807) is 0 Å². The van der Waals surface area contributed by atoms with Crippen LogP contribution in [0.2, 0.25) is 0 Å². The summed E-state index contributed by atoms with van der Waals surface area (Å²) in [5, 5.41) is 0. The van der Waals surface area contributed by atoms with Crippen molar-refractivity contribution in [3.63, 3.8) is 0 Å². The van der Waals surface area contributed by atoms with Gasteiger partial charge < -0.3 is 4.74 Å². The van der Waals surface area contributed by atoms with Crippen LogP contribution in [0.5, 0.6) is 0 Å². The van der Waals surface area contributed by atoms with Gasteiger partial charge in [-0.15, -0.1) is 0 Å². The topological polar surface area (TPSA) is 46.6 Å². The standard InChI is InChI=1S/C17H16F3NO3/c1-15-6-7-16(2,24-15)12-11(15)13(22)21(14(12)23)10-5-3-4-9(8-10)17(18,19)20/h3-5,8,11-12H,6-7H2,1-2H3/t11-,12+,15-,16?/m1/s1. The second-order valence-electron chi connectivity index (χ2n) is 7.24. The summed E-state index contributed by atoms with van der Waals surface area (Å²) in [6.07, 6.45) is -3.20. The molecule has 2 amide bonds. The van der Waals surface area contributed by atoms with Crippen molar-refractivity contribution in [1.82, 2.24) is 0 Å². The van der Waals surface area contributed by atoms with Gasteiger partial charge >= 0.3 is 6.18 Å². The maximum absolute atomic E-state index is 12.9. The highest BCUT2D eigenvalue weighted by Crippen LogP contribution is 2.60. The number of fused-ring (bicyclic) bond motifs is 5. The minimum atomic E-state index is -4.53. The smallest absolute Gasteiger partial charge is 0.367 e. The molecule has 0 aliphatic carbocycles. The molecule has 24 heavy (non-hydrogen) atoms. The quantitative estimate of drug-likeness (QED) is 0.739. The number of halogens is 3. The fraction of sp³-hybridized carbons (Fsp3) is 0.529. The molecule has 4 nitrogen and oxygen atoms in total. The zero-order valence-electron chi connectivity index (χ0n) is 13.2. The summed E-state index contributed by atoms with van der Waals surface area (Å²) in [7, 11) is 0. The molecule has 4 atom stereocenters. The first-order chi connectivity index (χ1) is 11.1. The molecule has 3 aliphatic rings. The number of carbonyl (C=O) groups is 2. The number of imide groups is 1. The van der Waals surface area contributed by atoms with Gasteiger partial charge in [0.25, 0.3) is 0 Å². The molecule has 3 saturated heterocycles. The first-order valence-electron chi connectivity index (χ1n) is 7.82. The van der Waals surface area contributed by atoms with Crippen molar-refractivity contribution in [1.29, 1.82) is 0 Å². The Bertz CT molecular complexity index is 728. The number of hydrogen-bond donors (Lipinski definition) is 0. The summed E-state index contributed by atoms with van der Waals surface area (Å²) in [6.45, 7) is 3.62.